The average molecular weight is 254 g/mol. The lowest BCUT2D eigenvalue weighted by molar-refractivity contribution is 0.476. The molecule has 2 nitrogen and oxygen atoms in total. The first kappa shape index (κ1) is 13.3. The van der Waals surface area contributed by atoms with Gasteiger partial charge in [-0.05, 0) is 49.5 Å². The van der Waals surface area contributed by atoms with Crippen LogP contribution in [-0.4, -0.2) is 0 Å². The zero-order chi connectivity index (χ0) is 13.8. The second kappa shape index (κ2) is 5.70. The molecule has 19 heavy (non-hydrogen) atoms. The van der Waals surface area contributed by atoms with Crippen molar-refractivity contribution in [3.63, 3.8) is 0 Å². The van der Waals surface area contributed by atoms with Crippen molar-refractivity contribution in [1.82, 2.24) is 0 Å². The van der Waals surface area contributed by atoms with Crippen molar-refractivity contribution in [3.05, 3.63) is 75.8 Å². The lowest BCUT2D eigenvalue weighted by Gasteiger charge is -2.08. The standard InChI is InChI=1S/C17H18O2/c1-12(9-10-15-7-5-4-6-8-15)16-13(2)11-14(3)19-17(16)18/h4-8,11H,1,9-10H2,2-3H3. The molecule has 0 saturated carbocycles. The Morgan fingerprint density at radius 2 is 1.89 bits per heavy atom. The number of benzene rings is 1. The molecule has 0 radical (unpaired) electrons. The Balaban J connectivity index is 2.15. The molecule has 0 atom stereocenters. The van der Waals surface area contributed by atoms with E-state index in [2.05, 4.69) is 18.7 Å². The summed E-state index contributed by atoms with van der Waals surface area (Å²) in [5.41, 5.74) is 3.37. The zero-order valence-corrected chi connectivity index (χ0v) is 11.4. The van der Waals surface area contributed by atoms with E-state index in [4.69, 9.17) is 4.42 Å². The first-order valence-electron chi connectivity index (χ1n) is 6.41. The fourth-order valence-corrected chi connectivity index (χ4v) is 2.25. The van der Waals surface area contributed by atoms with Crippen LogP contribution in [0.2, 0.25) is 0 Å². The molecule has 0 bridgehead atoms. The van der Waals surface area contributed by atoms with E-state index in [0.29, 0.717) is 11.3 Å². The van der Waals surface area contributed by atoms with Gasteiger partial charge >= 0.3 is 5.63 Å². The fourth-order valence-electron chi connectivity index (χ4n) is 2.25. The molecule has 2 rings (SSSR count). The molecule has 0 spiro atoms. The van der Waals surface area contributed by atoms with Crippen LogP contribution in [-0.2, 0) is 6.42 Å². The molecule has 0 fully saturated rings. The van der Waals surface area contributed by atoms with Crippen molar-refractivity contribution >= 4 is 5.57 Å². The van der Waals surface area contributed by atoms with E-state index in [-0.39, 0.29) is 5.63 Å². The van der Waals surface area contributed by atoms with Crippen LogP contribution in [0.3, 0.4) is 0 Å². The maximum absolute atomic E-state index is 11.9. The average Bonchev–Trinajstić information content (AvgIpc) is 2.36. The summed E-state index contributed by atoms with van der Waals surface area (Å²) in [7, 11) is 0. The van der Waals surface area contributed by atoms with Gasteiger partial charge in [-0.15, -0.1) is 0 Å². The Morgan fingerprint density at radius 1 is 1.21 bits per heavy atom. The fraction of sp³-hybridized carbons (Fsp3) is 0.235. The molecule has 0 aliphatic carbocycles. The number of hydrogen-bond donors (Lipinski definition) is 0. The summed E-state index contributed by atoms with van der Waals surface area (Å²) >= 11 is 0. The van der Waals surface area contributed by atoms with Crippen LogP contribution in [0.5, 0.6) is 0 Å². The maximum atomic E-state index is 11.9. The minimum absolute atomic E-state index is 0.282. The second-order valence-corrected chi connectivity index (χ2v) is 4.79. The Bertz CT molecular complexity index is 636. The smallest absolute Gasteiger partial charge is 0.343 e. The highest BCUT2D eigenvalue weighted by atomic mass is 16.4. The molecule has 98 valence electrons. The Morgan fingerprint density at radius 3 is 2.53 bits per heavy atom. The number of hydrogen-bond acceptors (Lipinski definition) is 2. The summed E-state index contributed by atoms with van der Waals surface area (Å²) < 4.78 is 5.15. The summed E-state index contributed by atoms with van der Waals surface area (Å²) in [6.07, 6.45) is 1.64. The van der Waals surface area contributed by atoms with Gasteiger partial charge in [0.1, 0.15) is 5.76 Å². The normalized spacial score (nSPS) is 10.4. The van der Waals surface area contributed by atoms with Crippen molar-refractivity contribution in [1.29, 1.82) is 0 Å². The first-order valence-corrected chi connectivity index (χ1v) is 6.41. The predicted molar refractivity (Wildman–Crippen MR) is 78.2 cm³/mol. The van der Waals surface area contributed by atoms with Gasteiger partial charge in [0.05, 0.1) is 5.56 Å². The van der Waals surface area contributed by atoms with Gasteiger partial charge in [-0.3, -0.25) is 0 Å². The summed E-state index contributed by atoms with van der Waals surface area (Å²) in [5, 5.41) is 0. The van der Waals surface area contributed by atoms with Gasteiger partial charge in [-0.25, -0.2) is 4.79 Å². The first-order chi connectivity index (χ1) is 9.08. The Hall–Kier alpha value is -2.09. The third-order valence-corrected chi connectivity index (χ3v) is 3.18. The van der Waals surface area contributed by atoms with Crippen molar-refractivity contribution in [3.8, 4) is 0 Å². The van der Waals surface area contributed by atoms with Gasteiger partial charge < -0.3 is 4.42 Å². The zero-order valence-electron chi connectivity index (χ0n) is 11.4. The molecule has 2 heteroatoms. The van der Waals surface area contributed by atoms with Gasteiger partial charge in [0, 0.05) is 0 Å². The molecule has 1 heterocycles. The van der Waals surface area contributed by atoms with Crippen LogP contribution < -0.4 is 5.63 Å². The molecule has 0 N–H and O–H groups in total. The van der Waals surface area contributed by atoms with E-state index in [1.807, 2.05) is 31.2 Å². The number of rotatable bonds is 4. The van der Waals surface area contributed by atoms with Crippen molar-refractivity contribution < 1.29 is 4.42 Å². The number of allylic oxidation sites excluding steroid dienone is 1. The van der Waals surface area contributed by atoms with E-state index in [1.54, 1.807) is 6.92 Å². The van der Waals surface area contributed by atoms with Gasteiger partial charge in [-0.1, -0.05) is 36.9 Å². The topological polar surface area (TPSA) is 30.2 Å². The quantitative estimate of drug-likeness (QED) is 0.828. The summed E-state index contributed by atoms with van der Waals surface area (Å²) in [6, 6.07) is 12.1. The molecule has 0 saturated heterocycles. The lowest BCUT2D eigenvalue weighted by Crippen LogP contribution is -2.09. The second-order valence-electron chi connectivity index (χ2n) is 4.79. The van der Waals surface area contributed by atoms with Gasteiger partial charge in [-0.2, -0.15) is 0 Å². The number of aryl methyl sites for hydroxylation is 3. The maximum Gasteiger partial charge on any atom is 0.343 e. The largest absolute Gasteiger partial charge is 0.428 e. The molecular formula is C17H18O2. The van der Waals surface area contributed by atoms with Crippen molar-refractivity contribution in [2.75, 3.05) is 0 Å². The molecule has 2 aromatic rings. The molecule has 0 amide bonds. The van der Waals surface area contributed by atoms with Gasteiger partial charge in [0.25, 0.3) is 0 Å². The Labute approximate surface area is 113 Å². The molecular weight excluding hydrogens is 236 g/mol. The van der Waals surface area contributed by atoms with Crippen molar-refractivity contribution in [2.45, 2.75) is 26.7 Å². The molecule has 0 unspecified atom stereocenters. The van der Waals surface area contributed by atoms with Crippen LogP contribution in [0.4, 0.5) is 0 Å². The van der Waals surface area contributed by atoms with Crippen LogP contribution in [0.1, 0.15) is 28.9 Å². The minimum Gasteiger partial charge on any atom is -0.428 e. The molecule has 0 aliphatic rings. The SMILES string of the molecule is C=C(CCc1ccccc1)c1c(C)cc(C)oc1=O. The highest BCUT2D eigenvalue weighted by molar-refractivity contribution is 5.65. The van der Waals surface area contributed by atoms with Crippen LogP contribution in [0, 0.1) is 13.8 Å². The van der Waals surface area contributed by atoms with Crippen molar-refractivity contribution in [2.24, 2.45) is 0 Å². The highest BCUT2D eigenvalue weighted by Gasteiger charge is 2.10. The van der Waals surface area contributed by atoms with Gasteiger partial charge in [0.15, 0.2) is 0 Å². The molecule has 1 aromatic carbocycles. The van der Waals surface area contributed by atoms with Gasteiger partial charge in [0.2, 0.25) is 0 Å². The summed E-state index contributed by atoms with van der Waals surface area (Å²) in [4.78, 5) is 11.9. The van der Waals surface area contributed by atoms with E-state index in [9.17, 15) is 4.79 Å². The highest BCUT2D eigenvalue weighted by Crippen LogP contribution is 2.19. The van der Waals surface area contributed by atoms with E-state index in [1.165, 1.54) is 5.56 Å². The van der Waals surface area contributed by atoms with E-state index >= 15 is 0 Å². The predicted octanol–water partition coefficient (Wildman–Crippen LogP) is 3.90. The molecule has 1 aromatic heterocycles. The third kappa shape index (κ3) is 3.22. The van der Waals surface area contributed by atoms with Crippen LogP contribution in [0.25, 0.3) is 5.57 Å². The summed E-state index contributed by atoms with van der Waals surface area (Å²) in [5.74, 6) is 0.641. The van der Waals surface area contributed by atoms with E-state index in [0.717, 1.165) is 24.0 Å². The minimum atomic E-state index is -0.282. The monoisotopic (exact) mass is 254 g/mol. The lowest BCUT2D eigenvalue weighted by atomic mass is 9.98. The third-order valence-electron chi connectivity index (χ3n) is 3.18. The van der Waals surface area contributed by atoms with Crippen LogP contribution in [0.15, 0.2) is 52.2 Å². The summed E-state index contributed by atoms with van der Waals surface area (Å²) in [6.45, 7) is 7.74. The van der Waals surface area contributed by atoms with E-state index < -0.39 is 0 Å². The Kier molecular flexibility index (Phi) is 4.00. The molecule has 0 aliphatic heterocycles. The van der Waals surface area contributed by atoms with Crippen LogP contribution >= 0.6 is 0 Å².